The molecule has 0 fully saturated rings. The van der Waals surface area contributed by atoms with Crippen LogP contribution in [0, 0.1) is 6.92 Å². The van der Waals surface area contributed by atoms with E-state index in [1.165, 1.54) is 10.9 Å². The minimum absolute atomic E-state index is 0. The average Bonchev–Trinajstić information content (AvgIpc) is 2.98. The van der Waals surface area contributed by atoms with Crippen molar-refractivity contribution in [3.05, 3.63) is 52.8 Å². The number of carboxylic acid groups (broad SMARTS) is 1. The van der Waals surface area contributed by atoms with Crippen molar-refractivity contribution in [3.8, 4) is 11.3 Å². The number of H-pyrrole nitrogens is 1. The van der Waals surface area contributed by atoms with E-state index >= 15 is 0 Å². The van der Waals surface area contributed by atoms with Crippen molar-refractivity contribution in [2.24, 2.45) is 0 Å². The molecule has 138 valence electrons. The zero-order valence-electron chi connectivity index (χ0n) is 14.6. The van der Waals surface area contributed by atoms with Crippen molar-refractivity contribution >= 4 is 40.9 Å². The van der Waals surface area contributed by atoms with Crippen LogP contribution in [-0.2, 0) is 11.2 Å². The summed E-state index contributed by atoms with van der Waals surface area (Å²) in [5.41, 5.74) is 5.51. The van der Waals surface area contributed by atoms with E-state index < -0.39 is 5.97 Å². The average molecular weight is 393 g/mol. The summed E-state index contributed by atoms with van der Waals surface area (Å²) in [5, 5.41) is 10.7. The molecule has 0 amide bonds. The van der Waals surface area contributed by atoms with Crippen LogP contribution in [0.4, 0.5) is 0 Å². The third-order valence-corrected chi connectivity index (χ3v) is 4.94. The number of aromatic amines is 1. The van der Waals surface area contributed by atoms with Gasteiger partial charge in [0, 0.05) is 40.3 Å². The van der Waals surface area contributed by atoms with Crippen molar-refractivity contribution in [2.75, 3.05) is 0 Å². The molecule has 4 nitrogen and oxygen atoms in total. The predicted molar refractivity (Wildman–Crippen MR) is 108 cm³/mol. The smallest absolute Gasteiger partial charge is 0.303 e. The van der Waals surface area contributed by atoms with Crippen molar-refractivity contribution < 1.29 is 9.90 Å². The van der Waals surface area contributed by atoms with Gasteiger partial charge in [0.2, 0.25) is 0 Å². The molecule has 0 aliphatic heterocycles. The van der Waals surface area contributed by atoms with E-state index in [1.54, 1.807) is 6.20 Å². The molecule has 6 heteroatoms. The zero-order chi connectivity index (χ0) is 17.8. The van der Waals surface area contributed by atoms with Gasteiger partial charge >= 0.3 is 5.97 Å². The molecule has 0 saturated carbocycles. The zero-order valence-corrected chi connectivity index (χ0v) is 16.2. The van der Waals surface area contributed by atoms with E-state index in [0.29, 0.717) is 6.42 Å². The third-order valence-electron chi connectivity index (χ3n) is 4.53. The lowest BCUT2D eigenvalue weighted by atomic mass is 9.98. The molecule has 0 aliphatic rings. The van der Waals surface area contributed by atoms with Crippen molar-refractivity contribution in [3.63, 3.8) is 0 Å². The Labute approximate surface area is 164 Å². The Balaban J connectivity index is 0.00000243. The number of aliphatic carboxylic acids is 1. The highest BCUT2D eigenvalue weighted by molar-refractivity contribution is 6.32. The number of aryl methyl sites for hydroxylation is 2. The quantitative estimate of drug-likeness (QED) is 0.499. The molecule has 2 N–H and O–H groups in total. The summed E-state index contributed by atoms with van der Waals surface area (Å²) < 4.78 is 0. The predicted octanol–water partition coefficient (Wildman–Crippen LogP) is 5.80. The highest BCUT2D eigenvalue weighted by atomic mass is 35.5. The molecule has 0 saturated heterocycles. The number of hydrogen-bond acceptors (Lipinski definition) is 2. The lowest BCUT2D eigenvalue weighted by Gasteiger charge is -2.07. The Kier molecular flexibility index (Phi) is 7.06. The van der Waals surface area contributed by atoms with Crippen molar-refractivity contribution in [1.82, 2.24) is 9.97 Å². The lowest BCUT2D eigenvalue weighted by Crippen LogP contribution is -1.95. The van der Waals surface area contributed by atoms with Gasteiger partial charge in [0.15, 0.2) is 0 Å². The summed E-state index contributed by atoms with van der Waals surface area (Å²) in [6, 6.07) is 7.90. The number of rotatable bonds is 7. The first-order valence-electron chi connectivity index (χ1n) is 8.49. The Bertz CT molecular complexity index is 892. The Morgan fingerprint density at radius 3 is 2.73 bits per heavy atom. The summed E-state index contributed by atoms with van der Waals surface area (Å²) in [5.74, 6) is -0.731. The van der Waals surface area contributed by atoms with Gasteiger partial charge in [-0.1, -0.05) is 18.0 Å². The molecular formula is C20H22Cl2N2O2. The molecule has 2 aromatic heterocycles. The molecule has 2 heterocycles. The summed E-state index contributed by atoms with van der Waals surface area (Å²) in [4.78, 5) is 18.4. The number of aromatic nitrogens is 2. The standard InChI is InChI=1S/C20H21ClN2O2.ClH/c1-13-16(21)9-10-17-19(13)15(7-3-2-4-8-18(24)25)20(23-17)14-6-5-11-22-12-14;/h5-6,9-12,23H,2-4,7-8H2,1H3,(H,24,25);1H. The number of halogens is 2. The number of unbranched alkanes of at least 4 members (excludes halogenated alkanes) is 2. The summed E-state index contributed by atoms with van der Waals surface area (Å²) in [6.45, 7) is 2.04. The highest BCUT2D eigenvalue weighted by Gasteiger charge is 2.16. The molecule has 3 aromatic rings. The number of hydrogen-bond donors (Lipinski definition) is 2. The second-order valence-corrected chi connectivity index (χ2v) is 6.68. The second kappa shape index (κ2) is 9.06. The monoisotopic (exact) mass is 392 g/mol. The van der Waals surface area contributed by atoms with Crippen molar-refractivity contribution in [1.29, 1.82) is 0 Å². The van der Waals surface area contributed by atoms with E-state index in [9.17, 15) is 4.79 Å². The third kappa shape index (κ3) is 4.37. The Morgan fingerprint density at radius 2 is 2.04 bits per heavy atom. The normalized spacial score (nSPS) is 10.7. The van der Waals surface area contributed by atoms with Gasteiger partial charge in [0.1, 0.15) is 0 Å². The van der Waals surface area contributed by atoms with E-state index in [2.05, 4.69) is 9.97 Å². The van der Waals surface area contributed by atoms with Crippen LogP contribution in [0.3, 0.4) is 0 Å². The van der Waals surface area contributed by atoms with Crippen LogP contribution in [0.5, 0.6) is 0 Å². The lowest BCUT2D eigenvalue weighted by molar-refractivity contribution is -0.137. The SMILES string of the molecule is Cc1c(Cl)ccc2[nH]c(-c3cccnc3)c(CCCCCC(=O)O)c12.Cl. The number of carbonyl (C=O) groups is 1. The molecule has 0 radical (unpaired) electrons. The van der Waals surface area contributed by atoms with Gasteiger partial charge in [0.25, 0.3) is 0 Å². The van der Waals surface area contributed by atoms with Gasteiger partial charge in [-0.25, -0.2) is 0 Å². The minimum Gasteiger partial charge on any atom is -0.481 e. The Hall–Kier alpha value is -2.04. The van der Waals surface area contributed by atoms with Crippen LogP contribution in [0.15, 0.2) is 36.7 Å². The maximum absolute atomic E-state index is 10.7. The van der Waals surface area contributed by atoms with E-state index in [-0.39, 0.29) is 18.8 Å². The molecule has 26 heavy (non-hydrogen) atoms. The van der Waals surface area contributed by atoms with Crippen LogP contribution < -0.4 is 0 Å². The number of benzene rings is 1. The number of nitrogens with one attached hydrogen (secondary N) is 1. The molecule has 0 spiro atoms. The fourth-order valence-corrected chi connectivity index (χ4v) is 3.43. The molecule has 0 atom stereocenters. The largest absolute Gasteiger partial charge is 0.481 e. The minimum atomic E-state index is -0.731. The van der Waals surface area contributed by atoms with Crippen LogP contribution in [0.2, 0.25) is 5.02 Å². The number of nitrogens with zero attached hydrogens (tertiary/aromatic N) is 1. The molecule has 0 bridgehead atoms. The molecule has 1 aromatic carbocycles. The first-order chi connectivity index (χ1) is 12.1. The van der Waals surface area contributed by atoms with Crippen LogP contribution >= 0.6 is 24.0 Å². The van der Waals surface area contributed by atoms with Gasteiger partial charge in [-0.2, -0.15) is 0 Å². The summed E-state index contributed by atoms with van der Waals surface area (Å²) >= 11 is 6.34. The number of carboxylic acids is 1. The van der Waals surface area contributed by atoms with E-state index in [4.69, 9.17) is 16.7 Å². The van der Waals surface area contributed by atoms with Gasteiger partial charge < -0.3 is 10.1 Å². The molecular weight excluding hydrogens is 371 g/mol. The second-order valence-electron chi connectivity index (χ2n) is 6.27. The van der Waals surface area contributed by atoms with E-state index in [0.717, 1.165) is 46.6 Å². The first kappa shape index (κ1) is 20.3. The van der Waals surface area contributed by atoms with Crippen molar-refractivity contribution in [2.45, 2.75) is 39.0 Å². The highest BCUT2D eigenvalue weighted by Crippen LogP contribution is 2.35. The van der Waals surface area contributed by atoms with E-state index in [1.807, 2.05) is 37.4 Å². The van der Waals surface area contributed by atoms with Gasteiger partial charge in [-0.05, 0) is 61.6 Å². The number of pyridine rings is 1. The maximum Gasteiger partial charge on any atom is 0.303 e. The maximum atomic E-state index is 10.7. The van der Waals surface area contributed by atoms with Crippen LogP contribution in [0.25, 0.3) is 22.2 Å². The fraction of sp³-hybridized carbons (Fsp3) is 0.300. The van der Waals surface area contributed by atoms with Gasteiger partial charge in [0.05, 0.1) is 5.69 Å². The molecule has 0 unspecified atom stereocenters. The Morgan fingerprint density at radius 1 is 1.23 bits per heavy atom. The topological polar surface area (TPSA) is 66.0 Å². The summed E-state index contributed by atoms with van der Waals surface area (Å²) in [6.07, 6.45) is 7.28. The fourth-order valence-electron chi connectivity index (χ4n) is 3.28. The summed E-state index contributed by atoms with van der Waals surface area (Å²) in [7, 11) is 0. The molecule has 0 aliphatic carbocycles. The van der Waals surface area contributed by atoms with Gasteiger partial charge in [-0.3, -0.25) is 9.78 Å². The van der Waals surface area contributed by atoms with Gasteiger partial charge in [-0.15, -0.1) is 12.4 Å². The molecule has 3 rings (SSSR count). The number of fused-ring (bicyclic) bond motifs is 1. The van der Waals surface area contributed by atoms with Crippen LogP contribution in [-0.4, -0.2) is 21.0 Å². The first-order valence-corrected chi connectivity index (χ1v) is 8.87. The van der Waals surface area contributed by atoms with Crippen LogP contribution in [0.1, 0.15) is 36.8 Å².